The first-order valence-electron chi connectivity index (χ1n) is 3.39. The van der Waals surface area contributed by atoms with Gasteiger partial charge < -0.3 is 14.4 Å². The zero-order valence-corrected chi connectivity index (χ0v) is 7.48. The maximum Gasteiger partial charge on any atom is -0.00531 e. The Bertz CT molecular complexity index is 145. The van der Waals surface area contributed by atoms with Crippen molar-refractivity contribution >= 4 is 7.60 Å². The van der Waals surface area contributed by atoms with Crippen LogP contribution in [0.15, 0.2) is 0 Å². The van der Waals surface area contributed by atoms with Crippen molar-refractivity contribution in [1.29, 1.82) is 0 Å². The van der Waals surface area contributed by atoms with Gasteiger partial charge >= 0.3 is 0 Å². The summed E-state index contributed by atoms with van der Waals surface area (Å²) in [5, 5.41) is -1.03. The average molecular weight is 164 g/mol. The standard InChI is InChI=1S/C6H15O3P/c1-4-6(3,5-2)10(7,8)9/h4-5H2,1-3H3,(H2,7,8,9)/p-2. The van der Waals surface area contributed by atoms with Crippen LogP contribution in [-0.4, -0.2) is 5.16 Å². The van der Waals surface area contributed by atoms with Gasteiger partial charge in [0.05, 0.1) is 0 Å². The molecule has 0 aliphatic rings. The van der Waals surface area contributed by atoms with Gasteiger partial charge in [-0.05, 0) is 18.0 Å². The van der Waals surface area contributed by atoms with Crippen molar-refractivity contribution in [3.05, 3.63) is 0 Å². The molecule has 0 aliphatic heterocycles. The fourth-order valence-electron chi connectivity index (χ4n) is 0.637. The quantitative estimate of drug-likeness (QED) is 0.570. The Hall–Kier alpha value is 0.150. The minimum atomic E-state index is -4.39. The first-order valence-corrected chi connectivity index (χ1v) is 4.94. The summed E-state index contributed by atoms with van der Waals surface area (Å²) in [5.41, 5.74) is 0. The third-order valence-corrected chi connectivity index (χ3v) is 4.14. The predicted molar refractivity (Wildman–Crippen MR) is 36.6 cm³/mol. The minimum Gasteiger partial charge on any atom is -0.810 e. The van der Waals surface area contributed by atoms with Crippen LogP contribution in [0, 0.1) is 0 Å². The lowest BCUT2D eigenvalue weighted by Crippen LogP contribution is -2.35. The molecular weight excluding hydrogens is 151 g/mol. The topological polar surface area (TPSA) is 63.2 Å². The highest BCUT2D eigenvalue weighted by Crippen LogP contribution is 2.46. The fourth-order valence-corrected chi connectivity index (χ4v) is 1.41. The van der Waals surface area contributed by atoms with E-state index in [-0.39, 0.29) is 0 Å². The van der Waals surface area contributed by atoms with E-state index in [0.717, 1.165) is 0 Å². The van der Waals surface area contributed by atoms with Crippen LogP contribution < -0.4 is 9.79 Å². The molecule has 0 bridgehead atoms. The summed E-state index contributed by atoms with van der Waals surface area (Å²) in [6.07, 6.45) is 0.793. The summed E-state index contributed by atoms with van der Waals surface area (Å²) in [6, 6.07) is 0. The molecule has 0 radical (unpaired) electrons. The smallest absolute Gasteiger partial charge is 0.00531 e. The average Bonchev–Trinajstić information content (AvgIpc) is 1.84. The molecule has 0 rings (SSSR count). The van der Waals surface area contributed by atoms with Gasteiger partial charge in [-0.1, -0.05) is 28.4 Å². The lowest BCUT2D eigenvalue weighted by atomic mass is 10.1. The molecule has 0 heterocycles. The third-order valence-electron chi connectivity index (χ3n) is 2.18. The molecular formula is C6H13O3P-2. The second kappa shape index (κ2) is 3.04. The van der Waals surface area contributed by atoms with Crippen LogP contribution >= 0.6 is 7.60 Å². The predicted octanol–water partition coefficient (Wildman–Crippen LogP) is 0.479. The van der Waals surface area contributed by atoms with Crippen LogP contribution in [0.3, 0.4) is 0 Å². The molecule has 0 saturated heterocycles. The maximum absolute atomic E-state index is 10.6. The maximum atomic E-state index is 10.6. The van der Waals surface area contributed by atoms with E-state index in [1.165, 1.54) is 6.92 Å². The van der Waals surface area contributed by atoms with Gasteiger partial charge in [-0.2, -0.15) is 0 Å². The molecule has 3 nitrogen and oxygen atoms in total. The van der Waals surface area contributed by atoms with E-state index in [9.17, 15) is 14.4 Å². The van der Waals surface area contributed by atoms with Crippen LogP contribution in [0.2, 0.25) is 0 Å². The molecule has 62 valence electrons. The van der Waals surface area contributed by atoms with Crippen molar-refractivity contribution in [2.24, 2.45) is 0 Å². The molecule has 0 amide bonds. The van der Waals surface area contributed by atoms with Gasteiger partial charge in [0.25, 0.3) is 0 Å². The zero-order valence-electron chi connectivity index (χ0n) is 6.59. The molecule has 0 aliphatic carbocycles. The van der Waals surface area contributed by atoms with Gasteiger partial charge in [-0.25, -0.2) is 0 Å². The van der Waals surface area contributed by atoms with Crippen LogP contribution in [0.1, 0.15) is 33.6 Å². The third kappa shape index (κ3) is 1.82. The van der Waals surface area contributed by atoms with Crippen LogP contribution in [0.25, 0.3) is 0 Å². The Morgan fingerprint density at radius 1 is 1.30 bits per heavy atom. The highest BCUT2D eigenvalue weighted by molar-refractivity contribution is 7.50. The molecule has 10 heavy (non-hydrogen) atoms. The number of hydrogen-bond acceptors (Lipinski definition) is 3. The Balaban J connectivity index is 4.50. The summed E-state index contributed by atoms with van der Waals surface area (Å²) in [5.74, 6) is 0. The van der Waals surface area contributed by atoms with Gasteiger partial charge in [0, 0.05) is 0 Å². The second-order valence-electron chi connectivity index (χ2n) is 2.70. The van der Waals surface area contributed by atoms with E-state index in [1.54, 1.807) is 13.8 Å². The Morgan fingerprint density at radius 2 is 1.60 bits per heavy atom. The molecule has 0 spiro atoms. The minimum absolute atomic E-state index is 0.397. The fraction of sp³-hybridized carbons (Fsp3) is 1.00. The molecule has 0 fully saturated rings. The van der Waals surface area contributed by atoms with E-state index >= 15 is 0 Å². The molecule has 0 aromatic heterocycles. The van der Waals surface area contributed by atoms with E-state index in [2.05, 4.69) is 0 Å². The van der Waals surface area contributed by atoms with E-state index in [1.807, 2.05) is 0 Å². The molecule has 0 aromatic rings. The molecule has 0 saturated carbocycles. The summed E-state index contributed by atoms with van der Waals surface area (Å²) in [4.78, 5) is 21.2. The Kier molecular flexibility index (Phi) is 3.08. The highest BCUT2D eigenvalue weighted by Gasteiger charge is 2.23. The largest absolute Gasteiger partial charge is 0.810 e. The van der Waals surface area contributed by atoms with Gasteiger partial charge in [-0.15, -0.1) is 0 Å². The van der Waals surface area contributed by atoms with Crippen molar-refractivity contribution in [1.82, 2.24) is 0 Å². The zero-order chi connectivity index (χ0) is 8.41. The van der Waals surface area contributed by atoms with Crippen molar-refractivity contribution < 1.29 is 14.4 Å². The first-order chi connectivity index (χ1) is 4.37. The monoisotopic (exact) mass is 164 g/mol. The lowest BCUT2D eigenvalue weighted by Gasteiger charge is -2.46. The molecule has 0 atom stereocenters. The lowest BCUT2D eigenvalue weighted by molar-refractivity contribution is -0.320. The first kappa shape index (κ1) is 10.2. The second-order valence-corrected chi connectivity index (χ2v) is 4.78. The van der Waals surface area contributed by atoms with Crippen LogP contribution in [-0.2, 0) is 4.57 Å². The Labute approximate surface area is 61.6 Å². The summed E-state index contributed by atoms with van der Waals surface area (Å²) >= 11 is 0. The van der Waals surface area contributed by atoms with Crippen molar-refractivity contribution in [2.45, 2.75) is 38.8 Å². The summed E-state index contributed by atoms with van der Waals surface area (Å²) in [6.45, 7) is 4.92. The van der Waals surface area contributed by atoms with Gasteiger partial charge in [0.1, 0.15) is 0 Å². The summed E-state index contributed by atoms with van der Waals surface area (Å²) in [7, 11) is -4.39. The molecule has 0 aromatic carbocycles. The van der Waals surface area contributed by atoms with Gasteiger partial charge in [-0.3, -0.25) is 0 Å². The normalized spacial score (nSPS) is 13.7. The molecule has 4 heteroatoms. The van der Waals surface area contributed by atoms with Crippen molar-refractivity contribution in [3.63, 3.8) is 0 Å². The highest BCUT2D eigenvalue weighted by atomic mass is 31.2. The number of hydrogen-bond donors (Lipinski definition) is 0. The molecule has 0 N–H and O–H groups in total. The summed E-state index contributed by atoms with van der Waals surface area (Å²) < 4.78 is 10.6. The van der Waals surface area contributed by atoms with E-state index < -0.39 is 12.8 Å². The van der Waals surface area contributed by atoms with Crippen LogP contribution in [0.4, 0.5) is 0 Å². The number of rotatable bonds is 3. The Morgan fingerprint density at radius 3 is 1.60 bits per heavy atom. The van der Waals surface area contributed by atoms with Crippen molar-refractivity contribution in [3.8, 4) is 0 Å². The van der Waals surface area contributed by atoms with Crippen molar-refractivity contribution in [2.75, 3.05) is 0 Å². The van der Waals surface area contributed by atoms with E-state index in [0.29, 0.717) is 12.8 Å². The SMILES string of the molecule is CCC(C)(CC)P(=O)([O-])[O-]. The molecule has 0 unspecified atom stereocenters. The van der Waals surface area contributed by atoms with Gasteiger partial charge in [0.2, 0.25) is 0 Å². The van der Waals surface area contributed by atoms with Crippen LogP contribution in [0.5, 0.6) is 0 Å². The van der Waals surface area contributed by atoms with Gasteiger partial charge in [0.15, 0.2) is 0 Å². The van der Waals surface area contributed by atoms with E-state index in [4.69, 9.17) is 0 Å².